The van der Waals surface area contributed by atoms with Gasteiger partial charge in [-0.25, -0.2) is 0 Å². The average Bonchev–Trinajstić information content (AvgIpc) is 2.85. The van der Waals surface area contributed by atoms with Crippen LogP contribution in [0.15, 0.2) is 11.4 Å². The van der Waals surface area contributed by atoms with Crippen molar-refractivity contribution in [3.05, 3.63) is 21.9 Å². The Hall–Kier alpha value is -0.910. The first kappa shape index (κ1) is 14.5. The molecule has 1 amide bonds. The smallest absolute Gasteiger partial charge is 0.236 e. The predicted molar refractivity (Wildman–Crippen MR) is 77.2 cm³/mol. The monoisotopic (exact) mass is 282 g/mol. The normalized spacial score (nSPS) is 16.5. The number of thiophene rings is 1. The molecule has 0 saturated heterocycles. The highest BCUT2D eigenvalue weighted by Crippen LogP contribution is 2.23. The highest BCUT2D eigenvalue weighted by atomic mass is 32.1. The Balaban J connectivity index is 1.76. The standard InChI is InChI=1S/C14H22N2O2S/c1-10(2)12(17)7-15-8-14(18)16-5-3-13-11(9-16)4-6-19-13/h4,6,10,12,15,17H,3,5,7-9H2,1-2H3. The molecule has 0 bridgehead atoms. The molecule has 1 aromatic rings. The summed E-state index contributed by atoms with van der Waals surface area (Å²) >= 11 is 1.78. The van der Waals surface area contributed by atoms with Crippen LogP contribution in [0.2, 0.25) is 0 Å². The third kappa shape index (κ3) is 3.78. The number of aliphatic hydroxyl groups is 1. The van der Waals surface area contributed by atoms with Crippen molar-refractivity contribution in [2.24, 2.45) is 5.92 Å². The molecule has 1 unspecified atom stereocenters. The molecule has 1 aliphatic heterocycles. The average molecular weight is 282 g/mol. The number of fused-ring (bicyclic) bond motifs is 1. The molecular weight excluding hydrogens is 260 g/mol. The molecule has 4 nitrogen and oxygen atoms in total. The van der Waals surface area contributed by atoms with Gasteiger partial charge in [-0.2, -0.15) is 0 Å². The van der Waals surface area contributed by atoms with Gasteiger partial charge >= 0.3 is 0 Å². The lowest BCUT2D eigenvalue weighted by atomic mass is 10.1. The summed E-state index contributed by atoms with van der Waals surface area (Å²) in [6.07, 6.45) is 0.575. The SMILES string of the molecule is CC(C)C(O)CNCC(=O)N1CCc2sccc2C1. The number of carbonyl (C=O) groups is 1. The Bertz CT molecular complexity index is 431. The largest absolute Gasteiger partial charge is 0.392 e. The van der Waals surface area contributed by atoms with E-state index in [9.17, 15) is 9.90 Å². The zero-order valence-corrected chi connectivity index (χ0v) is 12.4. The third-order valence-corrected chi connectivity index (χ3v) is 4.58. The summed E-state index contributed by atoms with van der Waals surface area (Å²) in [7, 11) is 0. The molecule has 2 N–H and O–H groups in total. The second kappa shape index (κ2) is 6.50. The lowest BCUT2D eigenvalue weighted by molar-refractivity contribution is -0.131. The van der Waals surface area contributed by atoms with E-state index in [0.29, 0.717) is 13.1 Å². The lowest BCUT2D eigenvalue weighted by Crippen LogP contribution is -2.42. The molecule has 1 atom stereocenters. The minimum Gasteiger partial charge on any atom is -0.392 e. The number of aliphatic hydroxyl groups excluding tert-OH is 1. The van der Waals surface area contributed by atoms with Gasteiger partial charge in [-0.05, 0) is 29.3 Å². The van der Waals surface area contributed by atoms with Gasteiger partial charge in [-0.1, -0.05) is 13.8 Å². The van der Waals surface area contributed by atoms with Crippen molar-refractivity contribution in [1.29, 1.82) is 0 Å². The van der Waals surface area contributed by atoms with E-state index in [1.165, 1.54) is 10.4 Å². The van der Waals surface area contributed by atoms with Crippen LogP contribution in [0.4, 0.5) is 0 Å². The van der Waals surface area contributed by atoms with E-state index in [4.69, 9.17) is 0 Å². The van der Waals surface area contributed by atoms with E-state index in [1.807, 2.05) is 18.7 Å². The minimum absolute atomic E-state index is 0.118. The molecule has 0 saturated carbocycles. The van der Waals surface area contributed by atoms with Crippen LogP contribution in [-0.2, 0) is 17.8 Å². The third-order valence-electron chi connectivity index (χ3n) is 3.56. The molecular formula is C14H22N2O2S. The summed E-state index contributed by atoms with van der Waals surface area (Å²) in [5.74, 6) is 0.332. The summed E-state index contributed by atoms with van der Waals surface area (Å²) in [5, 5.41) is 14.8. The first-order chi connectivity index (χ1) is 9.08. The van der Waals surface area contributed by atoms with E-state index < -0.39 is 6.10 Å². The quantitative estimate of drug-likeness (QED) is 0.854. The fraction of sp³-hybridized carbons (Fsp3) is 0.643. The Kier molecular flexibility index (Phi) is 4.96. The van der Waals surface area contributed by atoms with Crippen molar-refractivity contribution < 1.29 is 9.90 Å². The van der Waals surface area contributed by atoms with Crippen LogP contribution in [0, 0.1) is 5.92 Å². The summed E-state index contributed by atoms with van der Waals surface area (Å²) in [6, 6.07) is 2.11. The second-order valence-electron chi connectivity index (χ2n) is 5.38. The number of hydrogen-bond acceptors (Lipinski definition) is 4. The van der Waals surface area contributed by atoms with Crippen molar-refractivity contribution in [3.8, 4) is 0 Å². The first-order valence-electron chi connectivity index (χ1n) is 6.79. The van der Waals surface area contributed by atoms with Gasteiger partial charge in [0.1, 0.15) is 0 Å². The zero-order valence-electron chi connectivity index (χ0n) is 11.6. The molecule has 1 aliphatic rings. The Morgan fingerprint density at radius 1 is 1.58 bits per heavy atom. The second-order valence-corrected chi connectivity index (χ2v) is 6.38. The maximum absolute atomic E-state index is 12.1. The van der Waals surface area contributed by atoms with Crippen molar-refractivity contribution >= 4 is 17.2 Å². The van der Waals surface area contributed by atoms with E-state index >= 15 is 0 Å². The topological polar surface area (TPSA) is 52.6 Å². The molecule has 0 fully saturated rings. The maximum atomic E-state index is 12.1. The number of amides is 1. The predicted octanol–water partition coefficient (Wildman–Crippen LogP) is 1.24. The number of nitrogens with zero attached hydrogens (tertiary/aromatic N) is 1. The van der Waals surface area contributed by atoms with Crippen molar-refractivity contribution in [3.63, 3.8) is 0 Å². The number of hydrogen-bond donors (Lipinski definition) is 2. The number of nitrogens with one attached hydrogen (secondary N) is 1. The van der Waals surface area contributed by atoms with E-state index in [1.54, 1.807) is 11.3 Å². The molecule has 5 heteroatoms. The molecule has 106 valence electrons. The van der Waals surface area contributed by atoms with Gasteiger partial charge in [0, 0.05) is 24.5 Å². The molecule has 1 aromatic heterocycles. The van der Waals surface area contributed by atoms with Crippen molar-refractivity contribution in [2.45, 2.75) is 32.9 Å². The Labute approximate surface area is 118 Å². The van der Waals surface area contributed by atoms with Crippen LogP contribution in [0.25, 0.3) is 0 Å². The molecule has 0 aromatic carbocycles. The highest BCUT2D eigenvalue weighted by molar-refractivity contribution is 7.10. The zero-order chi connectivity index (χ0) is 13.8. The molecule has 0 aliphatic carbocycles. The van der Waals surface area contributed by atoms with E-state index in [2.05, 4.69) is 16.8 Å². The van der Waals surface area contributed by atoms with Gasteiger partial charge in [0.05, 0.1) is 12.6 Å². The number of rotatable bonds is 5. The molecule has 0 radical (unpaired) electrons. The van der Waals surface area contributed by atoms with Crippen LogP contribution in [0.1, 0.15) is 24.3 Å². The van der Waals surface area contributed by atoms with Crippen molar-refractivity contribution in [1.82, 2.24) is 10.2 Å². The summed E-state index contributed by atoms with van der Waals surface area (Å²) in [4.78, 5) is 15.4. The van der Waals surface area contributed by atoms with E-state index in [-0.39, 0.29) is 11.8 Å². The van der Waals surface area contributed by atoms with Crippen LogP contribution >= 0.6 is 11.3 Å². The van der Waals surface area contributed by atoms with Crippen LogP contribution in [0.5, 0.6) is 0 Å². The number of carbonyl (C=O) groups excluding carboxylic acids is 1. The Morgan fingerprint density at radius 3 is 3.11 bits per heavy atom. The molecule has 0 spiro atoms. The minimum atomic E-state index is -0.391. The summed E-state index contributed by atoms with van der Waals surface area (Å²) < 4.78 is 0. The van der Waals surface area contributed by atoms with Crippen LogP contribution < -0.4 is 5.32 Å². The summed E-state index contributed by atoms with van der Waals surface area (Å²) in [5.41, 5.74) is 1.28. The van der Waals surface area contributed by atoms with Gasteiger partial charge in [0.25, 0.3) is 0 Å². The van der Waals surface area contributed by atoms with Gasteiger partial charge in [0.15, 0.2) is 0 Å². The first-order valence-corrected chi connectivity index (χ1v) is 7.67. The van der Waals surface area contributed by atoms with Crippen LogP contribution in [0.3, 0.4) is 0 Å². The van der Waals surface area contributed by atoms with Gasteiger partial charge in [-0.15, -0.1) is 11.3 Å². The fourth-order valence-electron chi connectivity index (χ4n) is 2.14. The molecule has 2 heterocycles. The summed E-state index contributed by atoms with van der Waals surface area (Å²) in [6.45, 7) is 6.25. The van der Waals surface area contributed by atoms with Gasteiger partial charge in [-0.3, -0.25) is 4.79 Å². The van der Waals surface area contributed by atoms with Gasteiger partial charge in [0.2, 0.25) is 5.91 Å². The van der Waals surface area contributed by atoms with Crippen molar-refractivity contribution in [2.75, 3.05) is 19.6 Å². The Morgan fingerprint density at radius 2 is 2.37 bits per heavy atom. The van der Waals surface area contributed by atoms with E-state index in [0.717, 1.165) is 19.5 Å². The lowest BCUT2D eigenvalue weighted by Gasteiger charge is -2.27. The maximum Gasteiger partial charge on any atom is 0.236 e. The highest BCUT2D eigenvalue weighted by Gasteiger charge is 2.21. The molecule has 19 heavy (non-hydrogen) atoms. The van der Waals surface area contributed by atoms with Crippen LogP contribution in [-0.4, -0.2) is 41.7 Å². The fourth-order valence-corrected chi connectivity index (χ4v) is 3.03. The van der Waals surface area contributed by atoms with Gasteiger partial charge < -0.3 is 15.3 Å². The molecule has 2 rings (SSSR count).